The first-order chi connectivity index (χ1) is 12.0. The highest BCUT2D eigenvalue weighted by Gasteiger charge is 2.11. The van der Waals surface area contributed by atoms with Crippen molar-refractivity contribution in [3.05, 3.63) is 59.9 Å². The molecule has 5 heteroatoms. The summed E-state index contributed by atoms with van der Waals surface area (Å²) in [5.41, 5.74) is 2.44. The van der Waals surface area contributed by atoms with E-state index < -0.39 is 0 Å². The molecule has 0 bridgehead atoms. The summed E-state index contributed by atoms with van der Waals surface area (Å²) >= 11 is 0. The molecule has 2 aromatic carbocycles. The minimum atomic E-state index is -0.269. The lowest BCUT2D eigenvalue weighted by Gasteiger charge is -2.21. The number of carbonyl (C=O) groups excluding carboxylic acids is 1. The van der Waals surface area contributed by atoms with Crippen molar-refractivity contribution in [1.82, 2.24) is 5.32 Å². The lowest BCUT2D eigenvalue weighted by molar-refractivity contribution is -0.115. The van der Waals surface area contributed by atoms with Crippen LogP contribution in [0, 0.1) is 5.82 Å². The number of benzene rings is 2. The third-order valence-corrected chi connectivity index (χ3v) is 4.22. The van der Waals surface area contributed by atoms with E-state index in [1.165, 1.54) is 6.07 Å². The van der Waals surface area contributed by atoms with E-state index in [1.54, 1.807) is 18.2 Å². The van der Waals surface area contributed by atoms with Crippen LogP contribution in [0.15, 0.2) is 48.5 Å². The van der Waals surface area contributed by atoms with Gasteiger partial charge in [-0.1, -0.05) is 18.2 Å². The average molecular weight is 343 g/mol. The molecule has 25 heavy (non-hydrogen) atoms. The summed E-state index contributed by atoms with van der Waals surface area (Å²) in [5.74, 6) is -0.423. The fourth-order valence-corrected chi connectivity index (χ4v) is 2.73. The second-order valence-corrected chi connectivity index (χ2v) is 5.89. The molecule has 0 aliphatic carbocycles. The van der Waals surface area contributed by atoms with E-state index >= 15 is 0 Å². The van der Waals surface area contributed by atoms with Gasteiger partial charge in [-0.2, -0.15) is 0 Å². The Morgan fingerprint density at radius 2 is 1.72 bits per heavy atom. The number of hydrogen-bond acceptors (Lipinski definition) is 3. The quantitative estimate of drug-likeness (QED) is 0.762. The van der Waals surface area contributed by atoms with Crippen molar-refractivity contribution in [2.45, 2.75) is 26.8 Å². The van der Waals surface area contributed by atoms with Crippen molar-refractivity contribution < 1.29 is 9.18 Å². The van der Waals surface area contributed by atoms with Gasteiger partial charge >= 0.3 is 0 Å². The number of anilines is 2. The van der Waals surface area contributed by atoms with E-state index in [0.29, 0.717) is 5.56 Å². The van der Waals surface area contributed by atoms with Gasteiger partial charge in [0.1, 0.15) is 5.82 Å². The highest BCUT2D eigenvalue weighted by atomic mass is 19.1. The molecule has 0 aromatic heterocycles. The predicted molar refractivity (Wildman–Crippen MR) is 101 cm³/mol. The number of nitrogens with zero attached hydrogens (tertiary/aromatic N) is 1. The van der Waals surface area contributed by atoms with Gasteiger partial charge < -0.3 is 15.5 Å². The first-order valence-electron chi connectivity index (χ1n) is 8.67. The monoisotopic (exact) mass is 343 g/mol. The molecule has 1 atom stereocenters. The molecule has 0 saturated heterocycles. The maximum atomic E-state index is 13.7. The number of hydrogen-bond donors (Lipinski definition) is 2. The van der Waals surface area contributed by atoms with E-state index in [4.69, 9.17) is 0 Å². The Morgan fingerprint density at radius 3 is 2.32 bits per heavy atom. The molecule has 2 N–H and O–H groups in total. The molecule has 2 aromatic rings. The smallest absolute Gasteiger partial charge is 0.238 e. The van der Waals surface area contributed by atoms with Crippen LogP contribution in [0.25, 0.3) is 0 Å². The van der Waals surface area contributed by atoms with Crippen LogP contribution >= 0.6 is 0 Å². The zero-order valence-corrected chi connectivity index (χ0v) is 15.1. The molecule has 4 nitrogen and oxygen atoms in total. The zero-order chi connectivity index (χ0) is 18.2. The second kappa shape index (κ2) is 9.18. The number of rotatable bonds is 8. The molecule has 0 saturated carbocycles. The Hall–Kier alpha value is -2.40. The van der Waals surface area contributed by atoms with Gasteiger partial charge in [0.25, 0.3) is 0 Å². The molecule has 0 aliphatic rings. The van der Waals surface area contributed by atoms with Gasteiger partial charge in [0, 0.05) is 36.1 Å². The van der Waals surface area contributed by atoms with Crippen LogP contribution in [0.4, 0.5) is 15.8 Å². The van der Waals surface area contributed by atoms with Crippen molar-refractivity contribution in [2.75, 3.05) is 29.9 Å². The van der Waals surface area contributed by atoms with E-state index in [9.17, 15) is 9.18 Å². The molecule has 1 amide bonds. The SMILES string of the molecule is CCN(CC)c1ccc(NC(=O)CNC(C)c2ccccc2F)cc1. The first kappa shape index (κ1) is 18.9. The Labute approximate surface area is 149 Å². The van der Waals surface area contributed by atoms with Crippen LogP contribution < -0.4 is 15.5 Å². The standard InChI is InChI=1S/C20H26FN3O/c1-4-24(5-2)17-12-10-16(11-13-17)23-20(25)14-22-15(3)18-8-6-7-9-19(18)21/h6-13,15,22H,4-5,14H2,1-3H3,(H,23,25). The second-order valence-electron chi connectivity index (χ2n) is 5.89. The van der Waals surface area contributed by atoms with Crippen molar-refractivity contribution in [3.8, 4) is 0 Å². The summed E-state index contributed by atoms with van der Waals surface area (Å²) in [7, 11) is 0. The van der Waals surface area contributed by atoms with Crippen LogP contribution in [0.2, 0.25) is 0 Å². The Kier molecular flexibility index (Phi) is 6.95. The van der Waals surface area contributed by atoms with Gasteiger partial charge in [-0.25, -0.2) is 4.39 Å². The third-order valence-electron chi connectivity index (χ3n) is 4.22. The minimum absolute atomic E-state index is 0.118. The number of halogens is 1. The van der Waals surface area contributed by atoms with Crippen LogP contribution in [0.3, 0.4) is 0 Å². The first-order valence-corrected chi connectivity index (χ1v) is 8.67. The molecule has 0 heterocycles. The predicted octanol–water partition coefficient (Wildman–Crippen LogP) is 3.96. The van der Waals surface area contributed by atoms with Crippen LogP contribution in [-0.4, -0.2) is 25.5 Å². The fraction of sp³-hybridized carbons (Fsp3) is 0.350. The molecule has 0 spiro atoms. The summed E-state index contributed by atoms with van der Waals surface area (Å²) < 4.78 is 13.7. The van der Waals surface area contributed by atoms with E-state index in [1.807, 2.05) is 31.2 Å². The number of carbonyl (C=O) groups is 1. The molecule has 0 fully saturated rings. The van der Waals surface area contributed by atoms with E-state index in [0.717, 1.165) is 24.5 Å². The Morgan fingerprint density at radius 1 is 1.08 bits per heavy atom. The van der Waals surface area contributed by atoms with Crippen LogP contribution in [0.1, 0.15) is 32.4 Å². The summed E-state index contributed by atoms with van der Waals surface area (Å²) in [4.78, 5) is 14.3. The summed E-state index contributed by atoms with van der Waals surface area (Å²) in [5, 5.41) is 5.90. The van der Waals surface area contributed by atoms with E-state index in [-0.39, 0.29) is 24.3 Å². The minimum Gasteiger partial charge on any atom is -0.372 e. The molecular formula is C20H26FN3O. The van der Waals surface area contributed by atoms with Gasteiger partial charge in [-0.05, 0) is 51.1 Å². The van der Waals surface area contributed by atoms with E-state index in [2.05, 4.69) is 29.4 Å². The summed E-state index contributed by atoms with van der Waals surface area (Å²) in [6, 6.07) is 14.1. The van der Waals surface area contributed by atoms with Gasteiger partial charge in [-0.15, -0.1) is 0 Å². The van der Waals surface area contributed by atoms with Crippen LogP contribution in [0.5, 0.6) is 0 Å². The normalized spacial score (nSPS) is 11.8. The van der Waals surface area contributed by atoms with Crippen molar-refractivity contribution in [1.29, 1.82) is 0 Å². The largest absolute Gasteiger partial charge is 0.372 e. The van der Waals surface area contributed by atoms with Crippen molar-refractivity contribution >= 4 is 17.3 Å². The Bertz CT molecular complexity index is 684. The molecule has 134 valence electrons. The third kappa shape index (κ3) is 5.29. The maximum Gasteiger partial charge on any atom is 0.238 e. The van der Waals surface area contributed by atoms with Gasteiger partial charge in [0.15, 0.2) is 0 Å². The Balaban J connectivity index is 1.87. The number of nitrogens with one attached hydrogen (secondary N) is 2. The molecule has 2 rings (SSSR count). The van der Waals surface area contributed by atoms with Crippen molar-refractivity contribution in [2.24, 2.45) is 0 Å². The molecule has 0 radical (unpaired) electrons. The van der Waals surface area contributed by atoms with Gasteiger partial charge in [0.2, 0.25) is 5.91 Å². The zero-order valence-electron chi connectivity index (χ0n) is 15.1. The molecule has 1 unspecified atom stereocenters. The van der Waals surface area contributed by atoms with Crippen LogP contribution in [-0.2, 0) is 4.79 Å². The van der Waals surface area contributed by atoms with Crippen molar-refractivity contribution in [3.63, 3.8) is 0 Å². The maximum absolute atomic E-state index is 13.7. The highest BCUT2D eigenvalue weighted by Crippen LogP contribution is 2.18. The summed E-state index contributed by atoms with van der Waals surface area (Å²) in [6.45, 7) is 8.07. The van der Waals surface area contributed by atoms with Gasteiger partial charge in [-0.3, -0.25) is 4.79 Å². The lowest BCUT2D eigenvalue weighted by Crippen LogP contribution is -2.30. The number of amides is 1. The lowest BCUT2D eigenvalue weighted by atomic mass is 10.1. The highest BCUT2D eigenvalue weighted by molar-refractivity contribution is 5.92. The average Bonchev–Trinajstić information content (AvgIpc) is 2.62. The van der Waals surface area contributed by atoms with Gasteiger partial charge in [0.05, 0.1) is 6.54 Å². The topological polar surface area (TPSA) is 44.4 Å². The summed E-state index contributed by atoms with van der Waals surface area (Å²) in [6.07, 6.45) is 0. The fourth-order valence-electron chi connectivity index (χ4n) is 2.73. The molecular weight excluding hydrogens is 317 g/mol. The molecule has 0 aliphatic heterocycles.